The van der Waals surface area contributed by atoms with E-state index in [0.29, 0.717) is 0 Å². The molecule has 84 valence electrons. The summed E-state index contributed by atoms with van der Waals surface area (Å²) in [6.45, 7) is 4.72. The van der Waals surface area contributed by atoms with Crippen molar-refractivity contribution in [3.63, 3.8) is 0 Å². The Kier molecular flexibility index (Phi) is 5.35. The molecule has 0 aromatic heterocycles. The summed E-state index contributed by atoms with van der Waals surface area (Å²) in [4.78, 5) is 21.8. The molecular formula is C9H16BNO4. The molecule has 5 nitrogen and oxygen atoms in total. The number of amides is 1. The quantitative estimate of drug-likeness (QED) is 0.501. The van der Waals surface area contributed by atoms with Crippen LogP contribution in [0.3, 0.4) is 0 Å². The largest absolute Gasteiger partial charge is 0.463 e. The number of aliphatic hydroxyl groups excluding tert-OH is 1. The normalized spacial score (nSPS) is 13.1. The molecular weight excluding hydrogens is 197 g/mol. The molecule has 15 heavy (non-hydrogen) atoms. The molecule has 6 heteroatoms. The predicted octanol–water partition coefficient (Wildman–Crippen LogP) is -0.185. The highest BCUT2D eigenvalue weighted by Crippen LogP contribution is 2.14. The standard InChI is InChI=1S/C9H16BNO4/c1-9(2,3)7(13)15-5-6(4-12)11-8(10)14/h6,12H,4-5H2,1-3H3,(H,11,14). The van der Waals surface area contributed by atoms with Crippen molar-refractivity contribution in [2.45, 2.75) is 26.8 Å². The highest BCUT2D eigenvalue weighted by Gasteiger charge is 2.24. The summed E-state index contributed by atoms with van der Waals surface area (Å²) in [5.41, 5.74) is -0.604. The minimum Gasteiger partial charge on any atom is -0.463 e. The van der Waals surface area contributed by atoms with Gasteiger partial charge in [-0.1, -0.05) is 0 Å². The number of esters is 1. The lowest BCUT2D eigenvalue weighted by atomic mass is 9.97. The lowest BCUT2D eigenvalue weighted by Crippen LogP contribution is -2.41. The number of ether oxygens (including phenoxy) is 1. The molecule has 0 aliphatic rings. The zero-order valence-electron chi connectivity index (χ0n) is 9.24. The molecule has 0 aliphatic carbocycles. The molecule has 0 saturated carbocycles. The van der Waals surface area contributed by atoms with E-state index in [2.05, 4.69) is 5.32 Å². The first-order valence-corrected chi connectivity index (χ1v) is 4.61. The monoisotopic (exact) mass is 213 g/mol. The van der Waals surface area contributed by atoms with Gasteiger partial charge in [0.15, 0.2) is 5.81 Å². The zero-order chi connectivity index (χ0) is 12.1. The van der Waals surface area contributed by atoms with Gasteiger partial charge in [0.25, 0.3) is 0 Å². The first kappa shape index (κ1) is 14.0. The van der Waals surface area contributed by atoms with E-state index >= 15 is 0 Å². The predicted molar refractivity (Wildman–Crippen MR) is 55.6 cm³/mol. The molecule has 1 unspecified atom stereocenters. The summed E-state index contributed by atoms with van der Waals surface area (Å²) >= 11 is 0. The van der Waals surface area contributed by atoms with Crippen molar-refractivity contribution in [1.29, 1.82) is 0 Å². The van der Waals surface area contributed by atoms with Gasteiger partial charge in [-0.25, -0.2) is 0 Å². The Labute approximate surface area is 90.6 Å². The molecule has 0 saturated heterocycles. The lowest BCUT2D eigenvalue weighted by Gasteiger charge is -2.20. The summed E-state index contributed by atoms with van der Waals surface area (Å²) in [6.07, 6.45) is 0. The van der Waals surface area contributed by atoms with Gasteiger partial charge in [-0.05, 0) is 20.8 Å². The number of carbonyl (C=O) groups excluding carboxylic acids is 2. The van der Waals surface area contributed by atoms with E-state index in [4.69, 9.17) is 17.7 Å². The second-order valence-corrected chi connectivity index (χ2v) is 4.24. The van der Waals surface area contributed by atoms with E-state index < -0.39 is 23.2 Å². The molecule has 0 aromatic carbocycles. The van der Waals surface area contributed by atoms with Crippen LogP contribution < -0.4 is 5.32 Å². The van der Waals surface area contributed by atoms with Crippen molar-refractivity contribution in [1.82, 2.24) is 5.32 Å². The summed E-state index contributed by atoms with van der Waals surface area (Å²) < 4.78 is 4.89. The van der Waals surface area contributed by atoms with E-state index in [-0.39, 0.29) is 13.2 Å². The average molecular weight is 213 g/mol. The van der Waals surface area contributed by atoms with Gasteiger partial charge in [-0.2, -0.15) is 0 Å². The topological polar surface area (TPSA) is 75.6 Å². The molecule has 2 radical (unpaired) electrons. The lowest BCUT2D eigenvalue weighted by molar-refractivity contribution is -0.153. The number of aliphatic hydroxyl groups is 1. The number of nitrogens with one attached hydrogen (secondary N) is 1. The number of rotatable bonds is 4. The van der Waals surface area contributed by atoms with Gasteiger partial charge in [0, 0.05) is 0 Å². The molecule has 0 spiro atoms. The molecule has 0 rings (SSSR count). The van der Waals surface area contributed by atoms with Crippen LogP contribution in [-0.2, 0) is 9.53 Å². The second kappa shape index (κ2) is 5.75. The van der Waals surface area contributed by atoms with Gasteiger partial charge in [0.05, 0.1) is 18.1 Å². The molecule has 0 bridgehead atoms. The second-order valence-electron chi connectivity index (χ2n) is 4.24. The Morgan fingerprint density at radius 1 is 1.47 bits per heavy atom. The van der Waals surface area contributed by atoms with Crippen molar-refractivity contribution >= 4 is 19.6 Å². The van der Waals surface area contributed by atoms with Crippen LogP contribution in [0, 0.1) is 5.41 Å². The van der Waals surface area contributed by atoms with Gasteiger partial charge >= 0.3 is 5.97 Å². The Hall–Kier alpha value is -1.04. The van der Waals surface area contributed by atoms with E-state index in [1.807, 2.05) is 0 Å². The highest BCUT2D eigenvalue weighted by atomic mass is 16.5. The van der Waals surface area contributed by atoms with Gasteiger partial charge < -0.3 is 15.2 Å². The first-order valence-electron chi connectivity index (χ1n) is 4.61. The van der Waals surface area contributed by atoms with E-state index in [9.17, 15) is 9.59 Å². The van der Waals surface area contributed by atoms with Crippen molar-refractivity contribution in [3.8, 4) is 0 Å². The number of hydrogen-bond donors (Lipinski definition) is 2. The van der Waals surface area contributed by atoms with Gasteiger partial charge in [-0.15, -0.1) is 0 Å². The maximum Gasteiger partial charge on any atom is 0.311 e. The third-order valence-corrected chi connectivity index (χ3v) is 1.59. The Bertz CT molecular complexity index is 237. The van der Waals surface area contributed by atoms with Crippen molar-refractivity contribution in [2.24, 2.45) is 5.41 Å². The van der Waals surface area contributed by atoms with Crippen molar-refractivity contribution in [2.75, 3.05) is 13.2 Å². The third kappa shape index (κ3) is 6.12. The first-order chi connectivity index (χ1) is 6.77. The van der Waals surface area contributed by atoms with Crippen LogP contribution >= 0.6 is 0 Å². The smallest absolute Gasteiger partial charge is 0.311 e. The van der Waals surface area contributed by atoms with Crippen LogP contribution in [0.2, 0.25) is 0 Å². The average Bonchev–Trinajstić information content (AvgIpc) is 2.09. The highest BCUT2D eigenvalue weighted by molar-refractivity contribution is 6.57. The van der Waals surface area contributed by atoms with Crippen LogP contribution in [0.25, 0.3) is 0 Å². The number of carbonyl (C=O) groups is 2. The Balaban J connectivity index is 4.01. The minimum absolute atomic E-state index is 0.0878. The SMILES string of the molecule is [B]C(=O)NC(CO)COC(=O)C(C)(C)C. The van der Waals surface area contributed by atoms with Gasteiger partial charge in [0.2, 0.25) is 7.85 Å². The summed E-state index contributed by atoms with van der Waals surface area (Å²) in [5.74, 6) is -1.16. The summed E-state index contributed by atoms with van der Waals surface area (Å²) in [6, 6.07) is -0.659. The van der Waals surface area contributed by atoms with Crippen molar-refractivity contribution < 1.29 is 19.4 Å². The zero-order valence-corrected chi connectivity index (χ0v) is 9.24. The fourth-order valence-corrected chi connectivity index (χ4v) is 0.734. The molecule has 1 amide bonds. The maximum absolute atomic E-state index is 11.3. The minimum atomic E-state index is -0.763. The van der Waals surface area contributed by atoms with Crippen LogP contribution in [0.15, 0.2) is 0 Å². The maximum atomic E-state index is 11.3. The van der Waals surface area contributed by atoms with Crippen LogP contribution in [0.4, 0.5) is 4.79 Å². The van der Waals surface area contributed by atoms with E-state index in [1.54, 1.807) is 20.8 Å². The molecule has 2 N–H and O–H groups in total. The van der Waals surface area contributed by atoms with E-state index in [0.717, 1.165) is 0 Å². The van der Waals surface area contributed by atoms with E-state index in [1.165, 1.54) is 0 Å². The molecule has 0 fully saturated rings. The van der Waals surface area contributed by atoms with Gasteiger partial charge in [0.1, 0.15) is 6.61 Å². The molecule has 0 aliphatic heterocycles. The summed E-state index contributed by atoms with van der Waals surface area (Å²) in [5, 5.41) is 11.1. The fourth-order valence-electron chi connectivity index (χ4n) is 0.734. The van der Waals surface area contributed by atoms with Crippen LogP contribution in [0.5, 0.6) is 0 Å². The van der Waals surface area contributed by atoms with Crippen molar-refractivity contribution in [3.05, 3.63) is 0 Å². The summed E-state index contributed by atoms with van der Waals surface area (Å²) in [7, 11) is 4.86. The Morgan fingerprint density at radius 3 is 2.33 bits per heavy atom. The Morgan fingerprint density at radius 2 is 2.00 bits per heavy atom. The number of hydrogen-bond acceptors (Lipinski definition) is 4. The molecule has 0 aromatic rings. The van der Waals surface area contributed by atoms with Crippen LogP contribution in [0.1, 0.15) is 20.8 Å². The molecule has 1 atom stereocenters. The van der Waals surface area contributed by atoms with Gasteiger partial charge in [-0.3, -0.25) is 9.59 Å². The fraction of sp³-hybridized carbons (Fsp3) is 0.778. The third-order valence-electron chi connectivity index (χ3n) is 1.59. The van der Waals surface area contributed by atoms with Crippen LogP contribution in [-0.4, -0.2) is 44.0 Å². The molecule has 0 heterocycles.